The lowest BCUT2D eigenvalue weighted by atomic mass is 9.94. The molecular weight excluding hydrogens is 701 g/mol. The van der Waals surface area contributed by atoms with Crippen molar-refractivity contribution < 1.29 is 0 Å². The van der Waals surface area contributed by atoms with E-state index in [4.69, 9.17) is 0 Å². The normalized spacial score (nSPS) is 19.9. The first-order valence-electron chi connectivity index (χ1n) is 19.3. The van der Waals surface area contributed by atoms with Crippen molar-refractivity contribution in [3.8, 4) is 33.4 Å². The summed E-state index contributed by atoms with van der Waals surface area (Å²) in [5.41, 5.74) is 13.2. The van der Waals surface area contributed by atoms with Crippen LogP contribution in [0.5, 0.6) is 0 Å². The molecule has 5 heteroatoms. The lowest BCUT2D eigenvalue weighted by molar-refractivity contribution is 0.314. The quantitative estimate of drug-likeness (QED) is 0.152. The Morgan fingerprint density at radius 1 is 0.429 bits per heavy atom. The van der Waals surface area contributed by atoms with Gasteiger partial charge in [0.1, 0.15) is 18.5 Å². The Hall–Kier alpha value is -6.34. The van der Waals surface area contributed by atoms with E-state index < -0.39 is 0 Å². The topological polar surface area (TPSA) is 30.1 Å². The Kier molecular flexibility index (Phi) is 8.11. The first-order chi connectivity index (χ1) is 27.8. The molecule has 5 unspecified atom stereocenters. The summed E-state index contributed by atoms with van der Waals surface area (Å²) in [6.45, 7) is 0. The largest absolute Gasteiger partial charge is 0.355 e. The van der Waals surface area contributed by atoms with Crippen LogP contribution in [0.3, 0.4) is 0 Å². The third-order valence-corrected chi connectivity index (χ3v) is 12.5. The van der Waals surface area contributed by atoms with Crippen LogP contribution in [0, 0.1) is 0 Å². The van der Waals surface area contributed by atoms with Gasteiger partial charge in [0.15, 0.2) is 0 Å². The summed E-state index contributed by atoms with van der Waals surface area (Å²) in [6, 6.07) is 72.4. The van der Waals surface area contributed by atoms with Gasteiger partial charge >= 0.3 is 0 Å². The van der Waals surface area contributed by atoms with Crippen molar-refractivity contribution in [2.75, 3.05) is 5.32 Å². The SMILES string of the molecule is c1ccc(-c2cccc(-c3cc(-c4cccc5c4sc4ccccc45)ccc3Nc3ccc(C4NC(c5ccccc5)N5C(c6ccccc6)N45)cc3)c2)cc1. The number of hydrogen-bond acceptors (Lipinski definition) is 5. The molecule has 4 nitrogen and oxygen atoms in total. The van der Waals surface area contributed by atoms with Crippen LogP contribution in [0.4, 0.5) is 11.4 Å². The number of benzene rings is 8. The van der Waals surface area contributed by atoms with E-state index in [1.165, 1.54) is 64.7 Å². The van der Waals surface area contributed by atoms with E-state index in [1.807, 2.05) is 11.3 Å². The van der Waals surface area contributed by atoms with Crippen molar-refractivity contribution >= 4 is 42.9 Å². The Morgan fingerprint density at radius 2 is 1.02 bits per heavy atom. The van der Waals surface area contributed by atoms with Crippen LogP contribution >= 0.6 is 11.3 Å². The molecule has 1 aromatic heterocycles. The highest BCUT2D eigenvalue weighted by atomic mass is 32.1. The van der Waals surface area contributed by atoms with Gasteiger partial charge in [0.2, 0.25) is 0 Å². The van der Waals surface area contributed by atoms with Crippen LogP contribution in [0.2, 0.25) is 0 Å². The molecule has 0 radical (unpaired) electrons. The third-order valence-electron chi connectivity index (χ3n) is 11.3. The maximum Gasteiger partial charge on any atom is 0.119 e. The zero-order valence-electron chi connectivity index (χ0n) is 30.6. The van der Waals surface area contributed by atoms with Crippen molar-refractivity contribution in [2.45, 2.75) is 18.5 Å². The number of anilines is 2. The number of rotatable bonds is 8. The predicted molar refractivity (Wildman–Crippen MR) is 233 cm³/mol. The molecule has 11 rings (SSSR count). The molecule has 0 spiro atoms. The fourth-order valence-electron chi connectivity index (χ4n) is 8.55. The van der Waals surface area contributed by atoms with Gasteiger partial charge in [-0.15, -0.1) is 11.3 Å². The molecule has 0 saturated carbocycles. The molecule has 56 heavy (non-hydrogen) atoms. The number of fused-ring (bicyclic) bond motifs is 4. The van der Waals surface area contributed by atoms with E-state index in [9.17, 15) is 0 Å². The number of hydrazine groups is 1. The van der Waals surface area contributed by atoms with Gasteiger partial charge in [-0.05, 0) is 80.9 Å². The first-order valence-corrected chi connectivity index (χ1v) is 20.1. The second-order valence-corrected chi connectivity index (χ2v) is 15.7. The first kappa shape index (κ1) is 33.0. The van der Waals surface area contributed by atoms with Crippen LogP contribution in [0.15, 0.2) is 200 Å². The Morgan fingerprint density at radius 3 is 1.79 bits per heavy atom. The molecule has 8 aromatic carbocycles. The van der Waals surface area contributed by atoms with Gasteiger partial charge in [-0.25, -0.2) is 0 Å². The maximum atomic E-state index is 3.92. The zero-order valence-corrected chi connectivity index (χ0v) is 31.4. The van der Waals surface area contributed by atoms with Crippen molar-refractivity contribution in [2.24, 2.45) is 0 Å². The van der Waals surface area contributed by atoms with Crippen LogP contribution in [0.1, 0.15) is 35.2 Å². The molecule has 0 aliphatic carbocycles. The minimum absolute atomic E-state index is 0.0617. The van der Waals surface area contributed by atoms with Gasteiger partial charge in [0, 0.05) is 37.1 Å². The van der Waals surface area contributed by atoms with E-state index in [0.29, 0.717) is 0 Å². The van der Waals surface area contributed by atoms with E-state index in [1.54, 1.807) is 0 Å². The highest BCUT2D eigenvalue weighted by Gasteiger charge is 2.60. The van der Waals surface area contributed by atoms with E-state index in [-0.39, 0.29) is 18.5 Å². The lowest BCUT2D eigenvalue weighted by Crippen LogP contribution is -2.27. The summed E-state index contributed by atoms with van der Waals surface area (Å²) in [7, 11) is 0. The molecule has 2 aliphatic rings. The molecule has 9 aromatic rings. The van der Waals surface area contributed by atoms with Crippen LogP contribution in [-0.2, 0) is 0 Å². The zero-order chi connectivity index (χ0) is 37.0. The summed E-state index contributed by atoms with van der Waals surface area (Å²) in [5, 5.41) is 15.3. The smallest absolute Gasteiger partial charge is 0.119 e. The summed E-state index contributed by atoms with van der Waals surface area (Å²) in [6.07, 6.45) is 0.401. The number of nitrogens with one attached hydrogen (secondary N) is 2. The molecule has 2 N–H and O–H groups in total. The molecule has 2 aliphatic heterocycles. The fraction of sp³-hybridized carbons (Fsp3) is 0.0588. The standard InChI is InChI=1S/C51H38N4S/c1-4-14-34(15-5-1)38-20-12-21-39(32-38)45-33-40(42-23-13-24-44-43-22-10-11-25-47(43)56-48(42)44)28-31-46(45)52-41-29-26-36(27-30-41)50-53-49(35-16-6-2-7-17-35)54-51(55(50)54)37-18-8-3-9-19-37/h1-33,49-53H. The molecule has 0 amide bonds. The molecular formula is C51H38N4S. The monoisotopic (exact) mass is 738 g/mol. The Labute approximate surface area is 330 Å². The molecule has 268 valence electrons. The van der Waals surface area contributed by atoms with Crippen molar-refractivity contribution in [1.29, 1.82) is 0 Å². The maximum absolute atomic E-state index is 3.92. The molecule has 5 atom stereocenters. The molecule has 2 fully saturated rings. The van der Waals surface area contributed by atoms with E-state index >= 15 is 0 Å². The predicted octanol–water partition coefficient (Wildman–Crippen LogP) is 13.3. The van der Waals surface area contributed by atoms with Gasteiger partial charge in [-0.2, -0.15) is 10.0 Å². The average Bonchev–Trinajstić information content (AvgIpc) is 3.68. The molecule has 0 bridgehead atoms. The summed E-state index contributed by atoms with van der Waals surface area (Å²) in [4.78, 5) is 0. The van der Waals surface area contributed by atoms with Crippen molar-refractivity contribution in [3.63, 3.8) is 0 Å². The van der Waals surface area contributed by atoms with Crippen molar-refractivity contribution in [3.05, 3.63) is 217 Å². The van der Waals surface area contributed by atoms with E-state index in [2.05, 4.69) is 221 Å². The fourth-order valence-corrected chi connectivity index (χ4v) is 9.79. The summed E-state index contributed by atoms with van der Waals surface area (Å²) < 4.78 is 2.64. The van der Waals surface area contributed by atoms with Gasteiger partial charge in [-0.1, -0.05) is 164 Å². The van der Waals surface area contributed by atoms with Crippen molar-refractivity contribution in [1.82, 2.24) is 15.3 Å². The summed E-state index contributed by atoms with van der Waals surface area (Å²) >= 11 is 1.88. The number of nitrogens with zero attached hydrogens (tertiary/aromatic N) is 2. The highest BCUT2D eigenvalue weighted by molar-refractivity contribution is 7.26. The van der Waals surface area contributed by atoms with Crippen LogP contribution in [0.25, 0.3) is 53.6 Å². The third kappa shape index (κ3) is 5.81. The second-order valence-electron chi connectivity index (χ2n) is 14.7. The van der Waals surface area contributed by atoms with Gasteiger partial charge in [0.25, 0.3) is 0 Å². The van der Waals surface area contributed by atoms with Crippen LogP contribution < -0.4 is 10.6 Å². The molecule has 3 heterocycles. The van der Waals surface area contributed by atoms with Gasteiger partial charge in [-0.3, -0.25) is 5.32 Å². The minimum atomic E-state index is 0.0617. The average molecular weight is 739 g/mol. The minimum Gasteiger partial charge on any atom is -0.355 e. The summed E-state index contributed by atoms with van der Waals surface area (Å²) in [5.74, 6) is 0. The number of hydrogen-bond donors (Lipinski definition) is 2. The Bertz CT molecular complexity index is 2840. The Balaban J connectivity index is 0.950. The highest BCUT2D eigenvalue weighted by Crippen LogP contribution is 2.57. The van der Waals surface area contributed by atoms with Crippen LogP contribution in [-0.4, -0.2) is 10.0 Å². The van der Waals surface area contributed by atoms with Gasteiger partial charge in [0.05, 0.1) is 0 Å². The van der Waals surface area contributed by atoms with E-state index in [0.717, 1.165) is 16.9 Å². The lowest BCUT2D eigenvalue weighted by Gasteiger charge is -2.21. The molecule has 2 saturated heterocycles. The number of thiophene rings is 1. The van der Waals surface area contributed by atoms with Gasteiger partial charge < -0.3 is 5.32 Å². The second kappa shape index (κ2) is 13.7.